The summed E-state index contributed by atoms with van der Waals surface area (Å²) in [6.07, 6.45) is 1.72. The highest BCUT2D eigenvalue weighted by Gasteiger charge is 2.04. The third-order valence-corrected chi connectivity index (χ3v) is 2.77. The number of fused-ring (bicyclic) bond motifs is 1. The maximum Gasteiger partial charge on any atom is 0.137 e. The van der Waals surface area contributed by atoms with Gasteiger partial charge in [0.2, 0.25) is 0 Å². The van der Waals surface area contributed by atoms with Gasteiger partial charge in [-0.25, -0.2) is 4.98 Å². The zero-order valence-electron chi connectivity index (χ0n) is 9.47. The van der Waals surface area contributed by atoms with Gasteiger partial charge in [-0.05, 0) is 17.7 Å². The summed E-state index contributed by atoms with van der Waals surface area (Å²) in [6.45, 7) is 0. The predicted molar refractivity (Wildman–Crippen MR) is 68.1 cm³/mol. The Labute approximate surface area is 99.1 Å². The Balaban J connectivity index is 2.14. The van der Waals surface area contributed by atoms with E-state index in [1.165, 1.54) is 0 Å². The number of rotatable bonds is 2. The highest BCUT2D eigenvalue weighted by molar-refractivity contribution is 5.83. The fourth-order valence-electron chi connectivity index (χ4n) is 1.88. The lowest BCUT2D eigenvalue weighted by molar-refractivity contribution is 0.413. The van der Waals surface area contributed by atoms with Crippen molar-refractivity contribution in [2.24, 2.45) is 0 Å². The smallest absolute Gasteiger partial charge is 0.137 e. The Bertz CT molecular complexity index is 644. The van der Waals surface area contributed by atoms with Gasteiger partial charge in [0.1, 0.15) is 11.4 Å². The highest BCUT2D eigenvalue weighted by atomic mass is 16.5. The quantitative estimate of drug-likeness (QED) is 0.725. The summed E-state index contributed by atoms with van der Waals surface area (Å²) >= 11 is 0. The van der Waals surface area contributed by atoms with E-state index in [4.69, 9.17) is 4.74 Å². The highest BCUT2D eigenvalue weighted by Crippen LogP contribution is 2.24. The van der Waals surface area contributed by atoms with E-state index in [0.29, 0.717) is 0 Å². The van der Waals surface area contributed by atoms with Crippen LogP contribution in [0.25, 0.3) is 22.3 Å². The second-order valence-electron chi connectivity index (χ2n) is 3.86. The summed E-state index contributed by atoms with van der Waals surface area (Å²) in [6, 6.07) is 14.3. The molecule has 3 aromatic rings. The molecule has 0 spiro atoms. The third kappa shape index (κ3) is 1.76. The van der Waals surface area contributed by atoms with Crippen molar-refractivity contribution in [1.82, 2.24) is 9.97 Å². The number of nitrogens with one attached hydrogen (secondary N) is 1. The van der Waals surface area contributed by atoms with E-state index in [-0.39, 0.29) is 0 Å². The monoisotopic (exact) mass is 224 g/mol. The summed E-state index contributed by atoms with van der Waals surface area (Å²) < 4.78 is 5.16. The van der Waals surface area contributed by atoms with Crippen molar-refractivity contribution in [3.05, 3.63) is 48.7 Å². The lowest BCUT2D eigenvalue weighted by atomic mass is 10.1. The van der Waals surface area contributed by atoms with Crippen molar-refractivity contribution in [2.45, 2.75) is 0 Å². The molecule has 0 amide bonds. The molecule has 0 aliphatic heterocycles. The number of benzene rings is 1. The zero-order chi connectivity index (χ0) is 11.7. The van der Waals surface area contributed by atoms with Crippen molar-refractivity contribution < 1.29 is 4.74 Å². The van der Waals surface area contributed by atoms with Gasteiger partial charge >= 0.3 is 0 Å². The third-order valence-electron chi connectivity index (χ3n) is 2.77. The molecule has 0 aliphatic carbocycles. The molecule has 17 heavy (non-hydrogen) atoms. The van der Waals surface area contributed by atoms with Crippen LogP contribution in [0.15, 0.2) is 48.7 Å². The summed E-state index contributed by atoms with van der Waals surface area (Å²) in [5.41, 5.74) is 3.11. The van der Waals surface area contributed by atoms with Gasteiger partial charge in [0.05, 0.1) is 13.3 Å². The number of H-pyrrole nitrogens is 1. The standard InChI is InChI=1S/C14H12N2O/c1-17-12-7-11-8-13(16-14(11)15-9-12)10-5-3-2-4-6-10/h2-9H,1H3,(H,15,16). The molecule has 0 saturated heterocycles. The van der Waals surface area contributed by atoms with Gasteiger partial charge in [-0.15, -0.1) is 0 Å². The first kappa shape index (κ1) is 9.90. The first-order chi connectivity index (χ1) is 8.36. The maximum atomic E-state index is 5.16. The first-order valence-electron chi connectivity index (χ1n) is 5.45. The van der Waals surface area contributed by atoms with Crippen LogP contribution in [0.3, 0.4) is 0 Å². The molecule has 3 rings (SSSR count). The SMILES string of the molecule is COc1cnc2[nH]c(-c3ccccc3)cc2c1. The molecule has 1 N–H and O–H groups in total. The molecule has 2 heterocycles. The molecule has 0 saturated carbocycles. The number of methoxy groups -OCH3 is 1. The lowest BCUT2D eigenvalue weighted by Gasteiger charge is -1.96. The minimum Gasteiger partial charge on any atom is -0.495 e. The minimum absolute atomic E-state index is 0.774. The Hall–Kier alpha value is -2.29. The molecular weight excluding hydrogens is 212 g/mol. The van der Waals surface area contributed by atoms with Crippen molar-refractivity contribution >= 4 is 11.0 Å². The number of ether oxygens (including phenoxy) is 1. The first-order valence-corrected chi connectivity index (χ1v) is 5.45. The average Bonchev–Trinajstić information content (AvgIpc) is 2.82. The molecule has 84 valence electrons. The minimum atomic E-state index is 0.774. The maximum absolute atomic E-state index is 5.16. The number of pyridine rings is 1. The van der Waals surface area contributed by atoms with Crippen LogP contribution in [-0.4, -0.2) is 17.1 Å². The topological polar surface area (TPSA) is 37.9 Å². The number of aromatic nitrogens is 2. The lowest BCUT2D eigenvalue weighted by Crippen LogP contribution is -1.83. The number of aromatic amines is 1. The summed E-state index contributed by atoms with van der Waals surface area (Å²) in [7, 11) is 1.65. The molecule has 1 aromatic carbocycles. The van der Waals surface area contributed by atoms with Crippen molar-refractivity contribution in [2.75, 3.05) is 7.11 Å². The predicted octanol–water partition coefficient (Wildman–Crippen LogP) is 3.24. The molecule has 3 heteroatoms. The molecule has 0 atom stereocenters. The van der Waals surface area contributed by atoms with E-state index < -0.39 is 0 Å². The van der Waals surface area contributed by atoms with Crippen LogP contribution in [0.4, 0.5) is 0 Å². The van der Waals surface area contributed by atoms with Gasteiger partial charge in [-0.3, -0.25) is 0 Å². The Morgan fingerprint density at radius 3 is 2.71 bits per heavy atom. The van der Waals surface area contributed by atoms with Gasteiger partial charge in [0.15, 0.2) is 0 Å². The summed E-state index contributed by atoms with van der Waals surface area (Å²) in [5, 5.41) is 1.06. The summed E-state index contributed by atoms with van der Waals surface area (Å²) in [4.78, 5) is 7.61. The van der Waals surface area contributed by atoms with Gasteiger partial charge < -0.3 is 9.72 Å². The molecule has 0 unspecified atom stereocenters. The van der Waals surface area contributed by atoms with Crippen molar-refractivity contribution in [3.8, 4) is 17.0 Å². The largest absolute Gasteiger partial charge is 0.495 e. The zero-order valence-corrected chi connectivity index (χ0v) is 9.47. The second kappa shape index (κ2) is 3.94. The second-order valence-corrected chi connectivity index (χ2v) is 3.86. The van der Waals surface area contributed by atoms with Crippen LogP contribution in [0.5, 0.6) is 5.75 Å². The number of nitrogens with zero attached hydrogens (tertiary/aromatic N) is 1. The van der Waals surface area contributed by atoms with Gasteiger partial charge in [-0.2, -0.15) is 0 Å². The molecule has 0 bridgehead atoms. The van der Waals surface area contributed by atoms with Crippen LogP contribution < -0.4 is 4.74 Å². The van der Waals surface area contributed by atoms with Crippen LogP contribution >= 0.6 is 0 Å². The summed E-state index contributed by atoms with van der Waals surface area (Å²) in [5.74, 6) is 0.774. The molecule has 3 nitrogen and oxygen atoms in total. The molecule has 0 fully saturated rings. The van der Waals surface area contributed by atoms with E-state index in [1.807, 2.05) is 24.3 Å². The average molecular weight is 224 g/mol. The molecule has 0 aliphatic rings. The Kier molecular flexibility index (Phi) is 2.29. The van der Waals surface area contributed by atoms with Gasteiger partial charge in [-0.1, -0.05) is 30.3 Å². The van der Waals surface area contributed by atoms with Gasteiger partial charge in [0.25, 0.3) is 0 Å². The molecule has 2 aromatic heterocycles. The van der Waals surface area contributed by atoms with E-state index in [1.54, 1.807) is 13.3 Å². The fourth-order valence-corrected chi connectivity index (χ4v) is 1.88. The molecule has 0 radical (unpaired) electrons. The van der Waals surface area contributed by atoms with E-state index >= 15 is 0 Å². The normalized spacial score (nSPS) is 10.6. The number of hydrogen-bond acceptors (Lipinski definition) is 2. The van der Waals surface area contributed by atoms with Crippen LogP contribution in [0.2, 0.25) is 0 Å². The van der Waals surface area contributed by atoms with Gasteiger partial charge in [0, 0.05) is 11.1 Å². The molecular formula is C14H12N2O. The van der Waals surface area contributed by atoms with Crippen molar-refractivity contribution in [3.63, 3.8) is 0 Å². The fraction of sp³-hybridized carbons (Fsp3) is 0.0714. The van der Waals surface area contributed by atoms with E-state index in [2.05, 4.69) is 28.2 Å². The van der Waals surface area contributed by atoms with E-state index in [9.17, 15) is 0 Å². The van der Waals surface area contributed by atoms with Crippen LogP contribution in [-0.2, 0) is 0 Å². The van der Waals surface area contributed by atoms with Crippen LogP contribution in [0, 0.1) is 0 Å². The van der Waals surface area contributed by atoms with E-state index in [0.717, 1.165) is 28.0 Å². The Morgan fingerprint density at radius 2 is 1.94 bits per heavy atom. The number of hydrogen-bond donors (Lipinski definition) is 1. The van der Waals surface area contributed by atoms with Crippen molar-refractivity contribution in [1.29, 1.82) is 0 Å². The van der Waals surface area contributed by atoms with Crippen LogP contribution in [0.1, 0.15) is 0 Å². The Morgan fingerprint density at radius 1 is 1.12 bits per heavy atom.